The largest absolute Gasteiger partial charge is 0.496 e. The Morgan fingerprint density at radius 3 is 2.24 bits per heavy atom. The van der Waals surface area contributed by atoms with Crippen molar-refractivity contribution in [2.45, 2.75) is 40.0 Å². The van der Waals surface area contributed by atoms with Crippen LogP contribution in [-0.2, 0) is 6.42 Å². The molecule has 0 radical (unpaired) electrons. The van der Waals surface area contributed by atoms with Gasteiger partial charge in [-0.3, -0.25) is 0 Å². The summed E-state index contributed by atoms with van der Waals surface area (Å²) in [5.41, 5.74) is 4.95. The first kappa shape index (κ1) is 14.5. The number of methoxy groups -OCH3 is 1. The Hall–Kier alpha value is -0.540. The standard InChI is InChI=1S/C14H21BrO2/c1-9-10(2)14(17-4)12(7-5-6-8-16)11(3)13(9)15/h16H,5-8H2,1-4H3. The molecule has 1 N–H and O–H groups in total. The molecular weight excluding hydrogens is 280 g/mol. The smallest absolute Gasteiger partial charge is 0.125 e. The molecule has 17 heavy (non-hydrogen) atoms. The van der Waals surface area contributed by atoms with Crippen LogP contribution in [0.4, 0.5) is 0 Å². The Kier molecular flexibility index (Phi) is 5.47. The second-order valence-corrected chi connectivity index (χ2v) is 5.17. The van der Waals surface area contributed by atoms with Crippen LogP contribution in [0, 0.1) is 20.8 Å². The van der Waals surface area contributed by atoms with Crippen molar-refractivity contribution < 1.29 is 9.84 Å². The average Bonchev–Trinajstić information content (AvgIpc) is 2.33. The van der Waals surface area contributed by atoms with Gasteiger partial charge in [0, 0.05) is 11.1 Å². The lowest BCUT2D eigenvalue weighted by molar-refractivity contribution is 0.284. The maximum atomic E-state index is 8.85. The van der Waals surface area contributed by atoms with Gasteiger partial charge < -0.3 is 9.84 Å². The van der Waals surface area contributed by atoms with Crippen LogP contribution in [0.15, 0.2) is 4.47 Å². The van der Waals surface area contributed by atoms with Crippen molar-refractivity contribution in [3.63, 3.8) is 0 Å². The molecule has 96 valence electrons. The zero-order chi connectivity index (χ0) is 13.0. The number of hydrogen-bond acceptors (Lipinski definition) is 2. The summed E-state index contributed by atoms with van der Waals surface area (Å²) in [4.78, 5) is 0. The monoisotopic (exact) mass is 300 g/mol. The fourth-order valence-electron chi connectivity index (χ4n) is 2.14. The number of unbranched alkanes of at least 4 members (excludes halogenated alkanes) is 1. The molecular formula is C14H21BrO2. The third-order valence-corrected chi connectivity index (χ3v) is 4.52. The van der Waals surface area contributed by atoms with Crippen LogP contribution < -0.4 is 4.74 Å². The first-order valence-electron chi connectivity index (χ1n) is 5.97. The van der Waals surface area contributed by atoms with Gasteiger partial charge in [-0.15, -0.1) is 0 Å². The third-order valence-electron chi connectivity index (χ3n) is 3.33. The molecule has 0 saturated carbocycles. The van der Waals surface area contributed by atoms with Crippen molar-refractivity contribution >= 4 is 15.9 Å². The molecule has 0 aromatic heterocycles. The molecule has 0 saturated heterocycles. The quantitative estimate of drug-likeness (QED) is 0.840. The molecule has 0 atom stereocenters. The third kappa shape index (κ3) is 3.02. The van der Waals surface area contributed by atoms with E-state index in [2.05, 4.69) is 36.7 Å². The van der Waals surface area contributed by atoms with E-state index in [4.69, 9.17) is 9.84 Å². The number of halogens is 1. The van der Waals surface area contributed by atoms with Gasteiger partial charge in [0.05, 0.1) is 7.11 Å². The molecule has 1 rings (SSSR count). The van der Waals surface area contributed by atoms with E-state index in [9.17, 15) is 0 Å². The van der Waals surface area contributed by atoms with Gasteiger partial charge >= 0.3 is 0 Å². The first-order chi connectivity index (χ1) is 8.04. The van der Waals surface area contributed by atoms with Gasteiger partial charge in [0.25, 0.3) is 0 Å². The lowest BCUT2D eigenvalue weighted by Crippen LogP contribution is -2.02. The van der Waals surface area contributed by atoms with Crippen molar-refractivity contribution in [3.05, 3.63) is 26.7 Å². The predicted molar refractivity (Wildman–Crippen MR) is 74.9 cm³/mol. The van der Waals surface area contributed by atoms with E-state index in [0.717, 1.165) is 25.0 Å². The number of rotatable bonds is 5. The highest BCUT2D eigenvalue weighted by Gasteiger charge is 2.15. The fraction of sp³-hybridized carbons (Fsp3) is 0.571. The van der Waals surface area contributed by atoms with E-state index in [1.54, 1.807) is 7.11 Å². The predicted octanol–water partition coefficient (Wildman–Crippen LogP) is 3.70. The van der Waals surface area contributed by atoms with E-state index in [1.807, 2.05) is 0 Å². The normalized spacial score (nSPS) is 10.7. The Morgan fingerprint density at radius 2 is 1.71 bits per heavy atom. The Bertz CT molecular complexity index is 400. The minimum Gasteiger partial charge on any atom is -0.496 e. The minimum atomic E-state index is 0.257. The number of aliphatic hydroxyl groups excluding tert-OH is 1. The molecule has 0 spiro atoms. The molecule has 0 fully saturated rings. The fourth-order valence-corrected chi connectivity index (χ4v) is 2.67. The number of benzene rings is 1. The Balaban J connectivity index is 3.17. The summed E-state index contributed by atoms with van der Waals surface area (Å²) in [6.45, 7) is 6.57. The molecule has 0 bridgehead atoms. The van der Waals surface area contributed by atoms with Crippen molar-refractivity contribution in [1.82, 2.24) is 0 Å². The number of aliphatic hydroxyl groups is 1. The number of hydrogen-bond donors (Lipinski definition) is 1. The molecule has 1 aromatic rings. The van der Waals surface area contributed by atoms with Gasteiger partial charge in [0.15, 0.2) is 0 Å². The summed E-state index contributed by atoms with van der Waals surface area (Å²) in [6, 6.07) is 0. The van der Waals surface area contributed by atoms with Crippen LogP contribution in [0.5, 0.6) is 5.75 Å². The van der Waals surface area contributed by atoms with Crippen LogP contribution >= 0.6 is 15.9 Å². The highest BCUT2D eigenvalue weighted by molar-refractivity contribution is 9.10. The maximum absolute atomic E-state index is 8.85. The summed E-state index contributed by atoms with van der Waals surface area (Å²) in [7, 11) is 1.73. The lowest BCUT2D eigenvalue weighted by Gasteiger charge is -2.18. The van der Waals surface area contributed by atoms with Gasteiger partial charge in [0.1, 0.15) is 5.75 Å². The van der Waals surface area contributed by atoms with Gasteiger partial charge in [-0.2, -0.15) is 0 Å². The highest BCUT2D eigenvalue weighted by Crippen LogP contribution is 2.36. The van der Waals surface area contributed by atoms with Crippen LogP contribution in [0.2, 0.25) is 0 Å². The second-order valence-electron chi connectivity index (χ2n) is 4.38. The molecule has 0 aliphatic rings. The molecule has 1 aromatic carbocycles. The van der Waals surface area contributed by atoms with Crippen LogP contribution in [0.25, 0.3) is 0 Å². The summed E-state index contributed by atoms with van der Waals surface area (Å²) in [5.74, 6) is 1.00. The summed E-state index contributed by atoms with van der Waals surface area (Å²) >= 11 is 3.65. The van der Waals surface area contributed by atoms with Crippen molar-refractivity contribution in [2.75, 3.05) is 13.7 Å². The zero-order valence-electron chi connectivity index (χ0n) is 11.1. The molecule has 3 heteroatoms. The van der Waals surface area contributed by atoms with Gasteiger partial charge in [-0.25, -0.2) is 0 Å². The molecule has 0 aliphatic carbocycles. The summed E-state index contributed by atoms with van der Waals surface area (Å²) in [6.07, 6.45) is 2.78. The Morgan fingerprint density at radius 1 is 1.06 bits per heavy atom. The van der Waals surface area contributed by atoms with Gasteiger partial charge in [0.2, 0.25) is 0 Å². The van der Waals surface area contributed by atoms with E-state index < -0.39 is 0 Å². The zero-order valence-corrected chi connectivity index (χ0v) is 12.6. The van der Waals surface area contributed by atoms with E-state index in [1.165, 1.54) is 26.7 Å². The summed E-state index contributed by atoms with van der Waals surface area (Å²) in [5, 5.41) is 8.85. The maximum Gasteiger partial charge on any atom is 0.125 e. The minimum absolute atomic E-state index is 0.257. The SMILES string of the molecule is COc1c(C)c(C)c(Br)c(C)c1CCCCO. The Labute approximate surface area is 112 Å². The van der Waals surface area contributed by atoms with Crippen molar-refractivity contribution in [2.24, 2.45) is 0 Å². The van der Waals surface area contributed by atoms with E-state index in [-0.39, 0.29) is 6.61 Å². The first-order valence-corrected chi connectivity index (χ1v) is 6.76. The van der Waals surface area contributed by atoms with Gasteiger partial charge in [-0.1, -0.05) is 15.9 Å². The molecule has 0 unspecified atom stereocenters. The highest BCUT2D eigenvalue weighted by atomic mass is 79.9. The average molecular weight is 301 g/mol. The van der Waals surface area contributed by atoms with Crippen LogP contribution in [-0.4, -0.2) is 18.8 Å². The summed E-state index contributed by atoms with van der Waals surface area (Å²) < 4.78 is 6.72. The molecule has 2 nitrogen and oxygen atoms in total. The number of ether oxygens (including phenoxy) is 1. The molecule has 0 amide bonds. The van der Waals surface area contributed by atoms with E-state index in [0.29, 0.717) is 0 Å². The van der Waals surface area contributed by atoms with Crippen LogP contribution in [0.3, 0.4) is 0 Å². The van der Waals surface area contributed by atoms with E-state index >= 15 is 0 Å². The van der Waals surface area contributed by atoms with Crippen LogP contribution in [0.1, 0.15) is 35.1 Å². The topological polar surface area (TPSA) is 29.5 Å². The van der Waals surface area contributed by atoms with Gasteiger partial charge in [-0.05, 0) is 62.3 Å². The van der Waals surface area contributed by atoms with Crippen molar-refractivity contribution in [1.29, 1.82) is 0 Å². The molecule has 0 aliphatic heterocycles. The lowest BCUT2D eigenvalue weighted by atomic mass is 9.95. The van der Waals surface area contributed by atoms with Crippen molar-refractivity contribution in [3.8, 4) is 5.75 Å². The second kappa shape index (κ2) is 6.41. The molecule has 0 heterocycles.